The van der Waals surface area contributed by atoms with Gasteiger partial charge < -0.3 is 19.8 Å². The highest BCUT2D eigenvalue weighted by Crippen LogP contribution is 2.43. The lowest BCUT2D eigenvalue weighted by Gasteiger charge is -2.25. The van der Waals surface area contributed by atoms with Crippen molar-refractivity contribution >= 4 is 13.7 Å². The van der Waals surface area contributed by atoms with Crippen molar-refractivity contribution in [2.24, 2.45) is 0 Å². The maximum atomic E-state index is 13.0. The fourth-order valence-electron chi connectivity index (χ4n) is 7.56. The van der Waals surface area contributed by atoms with Gasteiger partial charge >= 0.3 is 7.82 Å². The molecule has 0 heterocycles. The molecule has 3 atom stereocenters. The highest BCUT2D eigenvalue weighted by molar-refractivity contribution is 7.47. The topological polar surface area (TPSA) is 105 Å². The zero-order chi connectivity index (χ0) is 53.5. The molecule has 9 heteroatoms. The molecule has 0 aliphatic carbocycles. The summed E-state index contributed by atoms with van der Waals surface area (Å²) in [5.41, 5.74) is 0. The molecule has 0 spiro atoms. The van der Waals surface area contributed by atoms with Crippen LogP contribution in [0.1, 0.15) is 213 Å². The van der Waals surface area contributed by atoms with Gasteiger partial charge in [0.05, 0.1) is 39.9 Å². The average Bonchev–Trinajstić information content (AvgIpc) is 3.35. The van der Waals surface area contributed by atoms with Gasteiger partial charge in [-0.05, 0) is 109 Å². The Morgan fingerprint density at radius 3 is 1.26 bits per heavy atom. The molecule has 0 saturated heterocycles. The van der Waals surface area contributed by atoms with Crippen molar-refractivity contribution in [3.05, 3.63) is 134 Å². The highest BCUT2D eigenvalue weighted by Gasteiger charge is 2.27. The van der Waals surface area contributed by atoms with Gasteiger partial charge in [-0.25, -0.2) is 4.57 Å². The number of amides is 1. The zero-order valence-electron chi connectivity index (χ0n) is 47.3. The highest BCUT2D eigenvalue weighted by atomic mass is 31.2. The summed E-state index contributed by atoms with van der Waals surface area (Å²) in [5.74, 6) is -0.200. The average molecular weight is 1030 g/mol. The van der Waals surface area contributed by atoms with Crippen LogP contribution in [0, 0.1) is 0 Å². The molecule has 0 aromatic carbocycles. The Morgan fingerprint density at radius 1 is 0.479 bits per heavy atom. The maximum absolute atomic E-state index is 13.0. The SMILES string of the molecule is CC/C=C\C/C=C\C/C=C\C/C=C\C/C=C\C/C=C\C/C=C\C/C=C\CCCCCCCCCCCCCCC(=O)NC(COP(=O)(O)OCC[N+](C)(C)C)C(O)/C=C/CC/C=C/CC/C=C/CCCCCC. The van der Waals surface area contributed by atoms with Gasteiger partial charge in [-0.2, -0.15) is 0 Å². The van der Waals surface area contributed by atoms with E-state index in [9.17, 15) is 19.4 Å². The van der Waals surface area contributed by atoms with Crippen LogP contribution < -0.4 is 5.32 Å². The normalized spacial score (nSPS) is 14.9. The van der Waals surface area contributed by atoms with E-state index in [1.165, 1.54) is 89.9 Å². The number of carbonyl (C=O) groups is 1. The number of unbranched alkanes of at least 4 members (excludes halogenated alkanes) is 18. The molecule has 0 saturated carbocycles. The van der Waals surface area contributed by atoms with Crippen LogP contribution in [0.4, 0.5) is 0 Å². The fourth-order valence-corrected chi connectivity index (χ4v) is 8.29. The zero-order valence-corrected chi connectivity index (χ0v) is 48.2. The first-order valence-corrected chi connectivity index (χ1v) is 30.6. The van der Waals surface area contributed by atoms with E-state index in [0.717, 1.165) is 103 Å². The number of likely N-dealkylation sites (N-methyl/N-ethyl adjacent to an activating group) is 1. The predicted octanol–water partition coefficient (Wildman–Crippen LogP) is 17.9. The van der Waals surface area contributed by atoms with Crippen LogP contribution in [0.5, 0.6) is 0 Å². The monoisotopic (exact) mass is 1030 g/mol. The lowest BCUT2D eigenvalue weighted by molar-refractivity contribution is -0.870. The second-order valence-corrected chi connectivity index (χ2v) is 21.7. The van der Waals surface area contributed by atoms with Crippen molar-refractivity contribution in [2.45, 2.75) is 225 Å². The first-order valence-electron chi connectivity index (χ1n) is 29.1. The van der Waals surface area contributed by atoms with Crippen LogP contribution >= 0.6 is 7.82 Å². The summed E-state index contributed by atoms with van der Waals surface area (Å²) < 4.78 is 23.6. The van der Waals surface area contributed by atoms with Crippen LogP contribution in [0.25, 0.3) is 0 Å². The number of quaternary nitrogens is 1. The van der Waals surface area contributed by atoms with Gasteiger partial charge in [-0.3, -0.25) is 13.8 Å². The van der Waals surface area contributed by atoms with E-state index in [4.69, 9.17) is 9.05 Å². The Labute approximate surface area is 449 Å². The Balaban J connectivity index is 4.13. The molecule has 0 aromatic rings. The van der Waals surface area contributed by atoms with Crippen LogP contribution in [-0.2, 0) is 18.4 Å². The maximum Gasteiger partial charge on any atom is 0.472 e. The third-order valence-electron chi connectivity index (χ3n) is 12.1. The predicted molar refractivity (Wildman–Crippen MR) is 318 cm³/mol. The minimum atomic E-state index is -4.36. The lowest BCUT2D eigenvalue weighted by Crippen LogP contribution is -2.45. The van der Waals surface area contributed by atoms with Gasteiger partial charge in [0.2, 0.25) is 5.91 Å². The number of phosphoric ester groups is 1. The minimum Gasteiger partial charge on any atom is -0.387 e. The van der Waals surface area contributed by atoms with Gasteiger partial charge in [-0.1, -0.05) is 231 Å². The van der Waals surface area contributed by atoms with E-state index in [0.29, 0.717) is 17.4 Å². The van der Waals surface area contributed by atoms with E-state index in [1.807, 2.05) is 27.2 Å². The van der Waals surface area contributed by atoms with Crippen LogP contribution in [0.3, 0.4) is 0 Å². The molecule has 73 heavy (non-hydrogen) atoms. The van der Waals surface area contributed by atoms with Crippen molar-refractivity contribution in [1.29, 1.82) is 0 Å². The van der Waals surface area contributed by atoms with Gasteiger partial charge in [0.25, 0.3) is 0 Å². The van der Waals surface area contributed by atoms with Crippen molar-refractivity contribution in [1.82, 2.24) is 5.32 Å². The van der Waals surface area contributed by atoms with Crippen molar-refractivity contribution in [3.63, 3.8) is 0 Å². The number of aliphatic hydroxyl groups excluding tert-OH is 1. The number of carbonyl (C=O) groups excluding carboxylic acids is 1. The molecule has 0 aromatic heterocycles. The first kappa shape index (κ1) is 69.6. The number of rotatable bonds is 51. The molecule has 8 nitrogen and oxygen atoms in total. The summed E-state index contributed by atoms with van der Waals surface area (Å²) in [6.45, 7) is 4.63. The third kappa shape index (κ3) is 56.2. The lowest BCUT2D eigenvalue weighted by atomic mass is 10.0. The van der Waals surface area contributed by atoms with E-state index in [1.54, 1.807) is 6.08 Å². The van der Waals surface area contributed by atoms with Crippen LogP contribution in [0.2, 0.25) is 0 Å². The molecule has 3 N–H and O–H groups in total. The van der Waals surface area contributed by atoms with Gasteiger partial charge in [0.1, 0.15) is 13.2 Å². The molecule has 0 aliphatic heterocycles. The smallest absolute Gasteiger partial charge is 0.387 e. The standard InChI is InChI=1S/C64H109N2O6P/c1-6-8-10-12-14-16-18-20-22-23-24-25-26-27-28-29-30-31-32-33-34-35-36-37-38-39-40-41-42-43-44-46-48-50-52-54-56-58-64(68)65-62(61-72-73(69,70)71-60-59-66(3,4)5)63(67)57-55-53-51-49-47-45-21-19-17-15-13-11-9-7-2/h8,10,14,16-17,19-20,22,24-25,27-28,30-31,33-34,36-37,47,49,55,57,62-63,67H,6-7,9,11-13,15,18,21,23,26,29,32,35,38-46,48,50-54,56,58-61H2,1-5H3,(H-,65,68,69,70)/p+1/b10-8-,16-14-,19-17+,22-20-,25-24-,28-27-,31-30-,34-33-,37-36-,49-47+,57-55+. The third-order valence-corrected chi connectivity index (χ3v) is 13.1. The number of allylic oxidation sites excluding steroid dienone is 21. The van der Waals surface area contributed by atoms with Gasteiger partial charge in [-0.15, -0.1) is 0 Å². The summed E-state index contributed by atoms with van der Waals surface area (Å²) in [5, 5.41) is 13.9. The first-order chi connectivity index (χ1) is 35.5. The quantitative estimate of drug-likeness (QED) is 0.0243. The molecule has 0 radical (unpaired) electrons. The minimum absolute atomic E-state index is 0.0471. The summed E-state index contributed by atoms with van der Waals surface area (Å²) in [4.78, 5) is 23.3. The number of hydrogen-bond acceptors (Lipinski definition) is 5. The molecule has 0 aliphatic rings. The Hall–Kier alpha value is -3.36. The van der Waals surface area contributed by atoms with Crippen molar-refractivity contribution in [2.75, 3.05) is 40.9 Å². The molecular formula is C64H110N2O6P+. The van der Waals surface area contributed by atoms with E-state index in [2.05, 4.69) is 141 Å². The van der Waals surface area contributed by atoms with Gasteiger partial charge in [0.15, 0.2) is 0 Å². The molecule has 0 fully saturated rings. The number of nitrogens with one attached hydrogen (secondary N) is 1. The Kier molecular flexibility index (Phi) is 51.0. The summed E-state index contributed by atoms with van der Waals surface area (Å²) in [6, 6.07) is -0.879. The number of hydrogen-bond donors (Lipinski definition) is 3. The van der Waals surface area contributed by atoms with E-state index < -0.39 is 20.0 Å². The Bertz CT molecular complexity index is 1640. The number of phosphoric acid groups is 1. The molecular weight excluding hydrogens is 924 g/mol. The van der Waals surface area contributed by atoms with Crippen LogP contribution in [0.15, 0.2) is 134 Å². The molecule has 1 amide bonds. The number of nitrogens with zero attached hydrogens (tertiary/aromatic N) is 1. The Morgan fingerprint density at radius 2 is 0.836 bits per heavy atom. The summed E-state index contributed by atoms with van der Waals surface area (Å²) in [6.07, 6.45) is 81.3. The summed E-state index contributed by atoms with van der Waals surface area (Å²) >= 11 is 0. The summed E-state index contributed by atoms with van der Waals surface area (Å²) in [7, 11) is 1.53. The van der Waals surface area contributed by atoms with Crippen LogP contribution in [-0.4, -0.2) is 73.4 Å². The molecule has 3 unspecified atom stereocenters. The fraction of sp³-hybridized carbons (Fsp3) is 0.641. The second-order valence-electron chi connectivity index (χ2n) is 20.3. The largest absolute Gasteiger partial charge is 0.472 e. The molecule has 0 rings (SSSR count). The van der Waals surface area contributed by atoms with E-state index in [-0.39, 0.29) is 19.1 Å². The van der Waals surface area contributed by atoms with E-state index >= 15 is 0 Å². The van der Waals surface area contributed by atoms with Crippen molar-refractivity contribution < 1.29 is 32.9 Å². The number of aliphatic hydroxyl groups is 1. The van der Waals surface area contributed by atoms with Crippen molar-refractivity contribution in [3.8, 4) is 0 Å². The second kappa shape index (κ2) is 53.5. The molecule has 416 valence electrons. The van der Waals surface area contributed by atoms with Gasteiger partial charge in [0, 0.05) is 6.42 Å². The molecule has 0 bridgehead atoms.